The normalized spacial score (nSPS) is 17.4. The number of nitrogens with one attached hydrogen (secondary N) is 2. The molecule has 0 unspecified atom stereocenters. The molecule has 0 spiro atoms. The van der Waals surface area contributed by atoms with Crippen molar-refractivity contribution in [2.45, 2.75) is 19.3 Å². The molecule has 1 aromatic heterocycles. The Morgan fingerprint density at radius 2 is 2.29 bits per heavy atom. The SMILES string of the molecule is O=C(C[NH+]1CCCCC1)NN=Cc1ccco1. The van der Waals surface area contributed by atoms with Gasteiger partial charge in [0.1, 0.15) is 5.76 Å². The zero-order valence-electron chi connectivity index (χ0n) is 9.82. The fraction of sp³-hybridized carbons (Fsp3) is 0.500. The number of nitrogens with zero attached hydrogens (tertiary/aromatic N) is 1. The third-order valence-electron chi connectivity index (χ3n) is 2.90. The van der Waals surface area contributed by atoms with Crippen LogP contribution in [-0.4, -0.2) is 31.8 Å². The predicted octanol–water partition coefficient (Wildman–Crippen LogP) is -0.201. The van der Waals surface area contributed by atoms with Crippen LogP contribution >= 0.6 is 0 Å². The lowest BCUT2D eigenvalue weighted by molar-refractivity contribution is -0.896. The second-order valence-corrected chi connectivity index (χ2v) is 4.30. The van der Waals surface area contributed by atoms with Crippen LogP contribution in [0.2, 0.25) is 0 Å². The third kappa shape index (κ3) is 4.03. The van der Waals surface area contributed by atoms with Crippen LogP contribution in [0.1, 0.15) is 25.0 Å². The fourth-order valence-corrected chi connectivity index (χ4v) is 2.03. The second kappa shape index (κ2) is 6.20. The van der Waals surface area contributed by atoms with Gasteiger partial charge in [-0.25, -0.2) is 5.43 Å². The summed E-state index contributed by atoms with van der Waals surface area (Å²) in [6.07, 6.45) is 6.81. The molecule has 5 heteroatoms. The van der Waals surface area contributed by atoms with Crippen LogP contribution in [0.3, 0.4) is 0 Å². The van der Waals surface area contributed by atoms with Gasteiger partial charge in [0.05, 0.1) is 25.6 Å². The van der Waals surface area contributed by atoms with E-state index in [9.17, 15) is 4.79 Å². The van der Waals surface area contributed by atoms with Gasteiger partial charge in [0.15, 0.2) is 6.54 Å². The summed E-state index contributed by atoms with van der Waals surface area (Å²) in [7, 11) is 0. The molecule has 2 heterocycles. The maximum atomic E-state index is 11.6. The van der Waals surface area contributed by atoms with Crippen molar-refractivity contribution in [3.8, 4) is 0 Å². The Hall–Kier alpha value is -1.62. The standard InChI is InChI=1S/C12H17N3O2/c16-12(10-15-6-2-1-3-7-15)14-13-9-11-5-4-8-17-11/h4-5,8-9H,1-3,6-7,10H2,(H,14,16)/p+1. The number of hydrogen-bond acceptors (Lipinski definition) is 3. The highest BCUT2D eigenvalue weighted by Crippen LogP contribution is 1.95. The number of rotatable bonds is 4. The molecule has 0 aromatic carbocycles. The topological polar surface area (TPSA) is 59.0 Å². The van der Waals surface area contributed by atoms with E-state index in [0.717, 1.165) is 13.1 Å². The van der Waals surface area contributed by atoms with E-state index in [4.69, 9.17) is 4.42 Å². The van der Waals surface area contributed by atoms with Gasteiger partial charge >= 0.3 is 0 Å². The van der Waals surface area contributed by atoms with Gasteiger partial charge in [0.2, 0.25) is 0 Å². The highest BCUT2D eigenvalue weighted by molar-refractivity contribution is 5.80. The minimum absolute atomic E-state index is 0.0373. The molecule has 1 aliphatic rings. The zero-order chi connectivity index (χ0) is 11.9. The molecule has 17 heavy (non-hydrogen) atoms. The lowest BCUT2D eigenvalue weighted by atomic mass is 10.1. The van der Waals surface area contributed by atoms with Crippen LogP contribution in [0.15, 0.2) is 27.9 Å². The molecule has 1 aliphatic heterocycles. The summed E-state index contributed by atoms with van der Waals surface area (Å²) in [4.78, 5) is 12.9. The summed E-state index contributed by atoms with van der Waals surface area (Å²) in [5.41, 5.74) is 2.52. The smallest absolute Gasteiger partial charge is 0.295 e. The van der Waals surface area contributed by atoms with E-state index < -0.39 is 0 Å². The summed E-state index contributed by atoms with van der Waals surface area (Å²) in [6, 6.07) is 3.56. The van der Waals surface area contributed by atoms with Gasteiger partial charge in [0.25, 0.3) is 5.91 Å². The predicted molar refractivity (Wildman–Crippen MR) is 63.9 cm³/mol. The second-order valence-electron chi connectivity index (χ2n) is 4.30. The van der Waals surface area contributed by atoms with Crippen molar-refractivity contribution in [3.05, 3.63) is 24.2 Å². The van der Waals surface area contributed by atoms with Crippen molar-refractivity contribution in [3.63, 3.8) is 0 Å². The van der Waals surface area contributed by atoms with E-state index in [1.54, 1.807) is 18.4 Å². The average molecular weight is 236 g/mol. The first-order chi connectivity index (χ1) is 8.34. The highest BCUT2D eigenvalue weighted by atomic mass is 16.3. The van der Waals surface area contributed by atoms with Crippen LogP contribution in [0.25, 0.3) is 0 Å². The zero-order valence-corrected chi connectivity index (χ0v) is 9.82. The highest BCUT2D eigenvalue weighted by Gasteiger charge is 2.16. The molecule has 0 aliphatic carbocycles. The first kappa shape index (κ1) is 11.9. The van der Waals surface area contributed by atoms with E-state index in [2.05, 4.69) is 10.5 Å². The molecule has 2 rings (SSSR count). The molecule has 5 nitrogen and oxygen atoms in total. The number of carbonyl (C=O) groups is 1. The third-order valence-corrected chi connectivity index (χ3v) is 2.90. The number of carbonyl (C=O) groups excluding carboxylic acids is 1. The molecule has 1 amide bonds. The van der Waals surface area contributed by atoms with E-state index >= 15 is 0 Å². The minimum atomic E-state index is -0.0373. The summed E-state index contributed by atoms with van der Waals surface area (Å²) >= 11 is 0. The molecule has 0 atom stereocenters. The van der Waals surface area contributed by atoms with Crippen molar-refractivity contribution < 1.29 is 14.1 Å². The molecular formula is C12H18N3O2+. The molecule has 0 bridgehead atoms. The Bertz CT molecular complexity index is 367. The van der Waals surface area contributed by atoms with Crippen molar-refractivity contribution in [1.29, 1.82) is 0 Å². The minimum Gasteiger partial charge on any atom is -0.463 e. The molecule has 0 saturated carbocycles. The number of likely N-dealkylation sites (tertiary alicyclic amines) is 1. The lowest BCUT2D eigenvalue weighted by Gasteiger charge is -2.22. The van der Waals surface area contributed by atoms with Crippen molar-refractivity contribution >= 4 is 12.1 Å². The van der Waals surface area contributed by atoms with Crippen LogP contribution in [0.4, 0.5) is 0 Å². The van der Waals surface area contributed by atoms with E-state index in [1.807, 2.05) is 0 Å². The monoisotopic (exact) mass is 236 g/mol. The number of quaternary nitrogens is 1. The van der Waals surface area contributed by atoms with Gasteiger partial charge in [-0.15, -0.1) is 0 Å². The van der Waals surface area contributed by atoms with Crippen LogP contribution in [0, 0.1) is 0 Å². The summed E-state index contributed by atoms with van der Waals surface area (Å²) in [5.74, 6) is 0.598. The maximum absolute atomic E-state index is 11.6. The van der Waals surface area contributed by atoms with Crippen molar-refractivity contribution in [2.75, 3.05) is 19.6 Å². The lowest BCUT2D eigenvalue weighted by Crippen LogP contribution is -3.13. The van der Waals surface area contributed by atoms with E-state index in [0.29, 0.717) is 12.3 Å². The first-order valence-corrected chi connectivity index (χ1v) is 6.03. The Morgan fingerprint density at radius 1 is 1.47 bits per heavy atom. The van der Waals surface area contributed by atoms with Gasteiger partial charge in [-0.05, 0) is 31.4 Å². The van der Waals surface area contributed by atoms with Crippen molar-refractivity contribution in [1.82, 2.24) is 5.43 Å². The molecule has 1 aromatic rings. The number of furan rings is 1. The van der Waals surface area contributed by atoms with Crippen LogP contribution < -0.4 is 10.3 Å². The summed E-state index contributed by atoms with van der Waals surface area (Å²) in [5, 5.41) is 3.85. The molecule has 1 fully saturated rings. The van der Waals surface area contributed by atoms with Gasteiger partial charge in [-0.1, -0.05) is 0 Å². The Kier molecular flexibility index (Phi) is 4.32. The van der Waals surface area contributed by atoms with Gasteiger partial charge in [-0.2, -0.15) is 5.10 Å². The molecule has 92 valence electrons. The molecular weight excluding hydrogens is 218 g/mol. The van der Waals surface area contributed by atoms with E-state index in [1.165, 1.54) is 30.4 Å². The number of piperidine rings is 1. The van der Waals surface area contributed by atoms with Crippen molar-refractivity contribution in [2.24, 2.45) is 5.10 Å². The Balaban J connectivity index is 1.70. The summed E-state index contributed by atoms with van der Waals surface area (Å²) in [6.45, 7) is 2.69. The van der Waals surface area contributed by atoms with Crippen LogP contribution in [0.5, 0.6) is 0 Å². The Morgan fingerprint density at radius 3 is 3.00 bits per heavy atom. The number of hydrogen-bond donors (Lipinski definition) is 2. The Labute approximate surface area is 100 Å². The molecule has 1 saturated heterocycles. The van der Waals surface area contributed by atoms with Crippen LogP contribution in [-0.2, 0) is 4.79 Å². The largest absolute Gasteiger partial charge is 0.463 e. The average Bonchev–Trinajstić information content (AvgIpc) is 2.83. The van der Waals surface area contributed by atoms with Gasteiger partial charge in [0, 0.05) is 0 Å². The number of hydrazone groups is 1. The molecule has 2 N–H and O–H groups in total. The van der Waals surface area contributed by atoms with E-state index in [-0.39, 0.29) is 5.91 Å². The fourth-order valence-electron chi connectivity index (χ4n) is 2.03. The first-order valence-electron chi connectivity index (χ1n) is 6.03. The maximum Gasteiger partial charge on any atom is 0.295 e. The summed E-state index contributed by atoms with van der Waals surface area (Å²) < 4.78 is 5.06. The van der Waals surface area contributed by atoms with Gasteiger partial charge in [-0.3, -0.25) is 4.79 Å². The van der Waals surface area contributed by atoms with Gasteiger partial charge < -0.3 is 9.32 Å². The quantitative estimate of drug-likeness (QED) is 0.562. The number of amides is 1. The molecule has 0 radical (unpaired) electrons.